The summed E-state index contributed by atoms with van der Waals surface area (Å²) in [5, 5.41) is 20.0. The second-order valence-electron chi connectivity index (χ2n) is 9.15. The molecule has 0 bridgehead atoms. The summed E-state index contributed by atoms with van der Waals surface area (Å²) in [4.78, 5) is 29.0. The Hall–Kier alpha value is -2.99. The van der Waals surface area contributed by atoms with Crippen LogP contribution in [0.15, 0.2) is 48.5 Å². The van der Waals surface area contributed by atoms with Crippen LogP contribution in [0.5, 0.6) is 5.75 Å². The maximum absolute atomic E-state index is 13.7. The largest absolute Gasteiger partial charge is 0.872 e. The lowest BCUT2D eigenvalue weighted by Gasteiger charge is -2.35. The highest BCUT2D eigenvalue weighted by Crippen LogP contribution is 2.28. The Kier molecular flexibility index (Phi) is 9.51. The van der Waals surface area contributed by atoms with Crippen molar-refractivity contribution < 1.29 is 19.4 Å². The van der Waals surface area contributed by atoms with E-state index in [9.17, 15) is 14.7 Å². The van der Waals surface area contributed by atoms with Gasteiger partial charge in [0.05, 0.1) is 16.7 Å². The van der Waals surface area contributed by atoms with Gasteiger partial charge in [0.2, 0.25) is 11.8 Å². The van der Waals surface area contributed by atoms with Crippen LogP contribution in [0.25, 0.3) is 0 Å². The van der Waals surface area contributed by atoms with Gasteiger partial charge in [-0.05, 0) is 37.5 Å². The Balaban J connectivity index is 1.48. The predicted octanol–water partition coefficient (Wildman–Crippen LogP) is 1.40. The smallest absolute Gasteiger partial charge is 0.245 e. The number of methoxy groups -OCH3 is 1. The zero-order valence-electron chi connectivity index (χ0n) is 21.2. The van der Waals surface area contributed by atoms with Crippen LogP contribution < -0.4 is 31.7 Å². The quantitative estimate of drug-likeness (QED) is 0.304. The minimum atomic E-state index is -0.670. The Morgan fingerprint density at radius 3 is 2.76 bits per heavy atom. The van der Waals surface area contributed by atoms with Gasteiger partial charge in [-0.15, -0.1) is 23.0 Å². The van der Waals surface area contributed by atoms with E-state index in [-0.39, 0.29) is 42.1 Å². The first-order chi connectivity index (χ1) is 18.0. The molecule has 4 N–H and O–H groups in total. The van der Waals surface area contributed by atoms with E-state index in [4.69, 9.17) is 4.74 Å². The SMILES string of the molecule is COCCCN(C(=O)CCc1ccc([O-])cc1)C(C(=O)NCN1NNc2ccccc21)C1CSC(C)N1. The molecule has 4 rings (SSSR count). The van der Waals surface area contributed by atoms with Gasteiger partial charge < -0.3 is 25.5 Å². The highest BCUT2D eigenvalue weighted by Gasteiger charge is 2.39. The van der Waals surface area contributed by atoms with Crippen molar-refractivity contribution in [1.82, 2.24) is 21.1 Å². The fraction of sp³-hybridized carbons (Fsp3) is 0.462. The van der Waals surface area contributed by atoms with Crippen LogP contribution >= 0.6 is 11.8 Å². The number of para-hydroxylation sites is 2. The minimum absolute atomic E-state index is 0.0581. The van der Waals surface area contributed by atoms with Gasteiger partial charge in [0.15, 0.2) is 0 Å². The lowest BCUT2D eigenvalue weighted by molar-refractivity contribution is -0.268. The number of nitrogens with one attached hydrogen (secondary N) is 4. The van der Waals surface area contributed by atoms with E-state index < -0.39 is 6.04 Å². The summed E-state index contributed by atoms with van der Waals surface area (Å²) < 4.78 is 5.23. The molecule has 2 aliphatic heterocycles. The number of carbonyl (C=O) groups is 2. The van der Waals surface area contributed by atoms with E-state index in [1.165, 1.54) is 12.1 Å². The van der Waals surface area contributed by atoms with Crippen molar-refractivity contribution in [3.63, 3.8) is 0 Å². The third kappa shape index (κ3) is 7.07. The number of hydrogen-bond acceptors (Lipinski definition) is 9. The van der Waals surface area contributed by atoms with Gasteiger partial charge in [-0.2, -0.15) is 0 Å². The number of amides is 2. The number of hydrazine groups is 2. The molecule has 3 unspecified atom stereocenters. The molecule has 1 saturated heterocycles. The van der Waals surface area contributed by atoms with Crippen molar-refractivity contribution in [2.45, 2.75) is 43.6 Å². The van der Waals surface area contributed by atoms with Gasteiger partial charge in [0.25, 0.3) is 0 Å². The van der Waals surface area contributed by atoms with E-state index in [1.807, 2.05) is 29.3 Å². The van der Waals surface area contributed by atoms with Gasteiger partial charge in [-0.25, -0.2) is 0 Å². The van der Waals surface area contributed by atoms with E-state index in [0.29, 0.717) is 26.0 Å². The van der Waals surface area contributed by atoms with Crippen molar-refractivity contribution in [2.24, 2.45) is 0 Å². The number of carbonyl (C=O) groups excluding carboxylic acids is 2. The number of aryl methyl sites for hydroxylation is 1. The lowest BCUT2D eigenvalue weighted by Crippen LogP contribution is -2.60. The Labute approximate surface area is 222 Å². The molecule has 2 aromatic carbocycles. The highest BCUT2D eigenvalue weighted by molar-refractivity contribution is 8.00. The number of ether oxygens (including phenoxy) is 1. The Morgan fingerprint density at radius 1 is 1.24 bits per heavy atom. The monoisotopic (exact) mass is 527 g/mol. The second kappa shape index (κ2) is 13.0. The summed E-state index contributed by atoms with van der Waals surface area (Å²) in [6, 6.07) is 13.5. The van der Waals surface area contributed by atoms with Crippen molar-refractivity contribution in [3.8, 4) is 5.75 Å². The molecule has 0 aliphatic carbocycles. The van der Waals surface area contributed by atoms with E-state index in [0.717, 1.165) is 22.7 Å². The highest BCUT2D eigenvalue weighted by atomic mass is 32.2. The standard InChI is InChI=1S/C26H36N6O4S/c1-18-28-22(16-37-18)25(26(35)27-17-32-23-7-4-3-6-21(23)29-30-32)31(14-5-15-36-2)24(34)13-10-19-8-11-20(33)12-9-19/h3-4,6-9,11-12,18,22,25,28-30,33H,5,10,13-17H2,1-2H3,(H,27,35)/p-1. The predicted molar refractivity (Wildman–Crippen MR) is 144 cm³/mol. The van der Waals surface area contributed by atoms with Crippen molar-refractivity contribution in [1.29, 1.82) is 0 Å². The van der Waals surface area contributed by atoms with Gasteiger partial charge in [0.1, 0.15) is 12.7 Å². The van der Waals surface area contributed by atoms with Crippen LogP contribution in [0.4, 0.5) is 11.4 Å². The zero-order valence-corrected chi connectivity index (χ0v) is 22.1. The number of benzene rings is 2. The molecule has 0 radical (unpaired) electrons. The molecule has 0 aromatic heterocycles. The topological polar surface area (TPSA) is 121 Å². The average Bonchev–Trinajstić information content (AvgIpc) is 3.52. The number of nitrogens with zero attached hydrogens (tertiary/aromatic N) is 2. The minimum Gasteiger partial charge on any atom is -0.872 e. The molecule has 2 amide bonds. The van der Waals surface area contributed by atoms with Gasteiger partial charge >= 0.3 is 0 Å². The summed E-state index contributed by atoms with van der Waals surface area (Å²) in [7, 11) is 1.63. The van der Waals surface area contributed by atoms with E-state index >= 15 is 0 Å². The van der Waals surface area contributed by atoms with Crippen molar-refractivity contribution in [2.75, 3.05) is 43.1 Å². The molecule has 10 nitrogen and oxygen atoms in total. The van der Waals surface area contributed by atoms with Gasteiger partial charge in [0, 0.05) is 38.5 Å². The fourth-order valence-corrected chi connectivity index (χ4v) is 5.65. The first-order valence-corrected chi connectivity index (χ1v) is 13.6. The molecule has 2 aromatic rings. The zero-order chi connectivity index (χ0) is 26.2. The molecule has 2 aliphatic rings. The molecule has 37 heavy (non-hydrogen) atoms. The van der Waals surface area contributed by atoms with Crippen LogP contribution in [0, 0.1) is 0 Å². The van der Waals surface area contributed by atoms with Crippen molar-refractivity contribution in [3.05, 3.63) is 54.1 Å². The summed E-state index contributed by atoms with van der Waals surface area (Å²) in [6.45, 7) is 3.20. The summed E-state index contributed by atoms with van der Waals surface area (Å²) in [5.41, 5.74) is 8.92. The molecular weight excluding hydrogens is 492 g/mol. The Morgan fingerprint density at radius 2 is 2.03 bits per heavy atom. The number of rotatable bonds is 12. The Bertz CT molecular complexity index is 1060. The van der Waals surface area contributed by atoms with Crippen LogP contribution in [0.1, 0.15) is 25.3 Å². The summed E-state index contributed by atoms with van der Waals surface area (Å²) in [6.07, 6.45) is 1.37. The van der Waals surface area contributed by atoms with Gasteiger partial charge in [-0.3, -0.25) is 19.9 Å². The number of hydrogen-bond donors (Lipinski definition) is 4. The number of anilines is 2. The van der Waals surface area contributed by atoms with Crippen LogP contribution in [-0.2, 0) is 20.7 Å². The summed E-state index contributed by atoms with van der Waals surface area (Å²) in [5.74, 6) is 0.363. The first-order valence-electron chi connectivity index (χ1n) is 12.5. The van der Waals surface area contributed by atoms with Crippen LogP contribution in [0.2, 0.25) is 0 Å². The molecule has 3 atom stereocenters. The fourth-order valence-electron chi connectivity index (χ4n) is 4.61. The molecule has 11 heteroatoms. The lowest BCUT2D eigenvalue weighted by atomic mass is 10.0. The number of thioether (sulfide) groups is 1. The third-order valence-corrected chi connectivity index (χ3v) is 7.70. The van der Waals surface area contributed by atoms with Crippen LogP contribution in [0.3, 0.4) is 0 Å². The molecule has 0 spiro atoms. The molecule has 0 saturated carbocycles. The van der Waals surface area contributed by atoms with E-state index in [2.05, 4.69) is 28.5 Å². The third-order valence-electron chi connectivity index (χ3n) is 6.51. The molecule has 1 fully saturated rings. The maximum Gasteiger partial charge on any atom is 0.245 e. The molecular formula is C26H35N6O4S-. The van der Waals surface area contributed by atoms with Crippen molar-refractivity contribution >= 4 is 35.0 Å². The first kappa shape index (κ1) is 27.1. The molecule has 2 heterocycles. The van der Waals surface area contributed by atoms with Gasteiger partial charge in [-0.1, -0.05) is 36.4 Å². The normalized spacial score (nSPS) is 19.2. The average molecular weight is 528 g/mol. The van der Waals surface area contributed by atoms with Crippen LogP contribution in [-0.4, -0.2) is 66.9 Å². The maximum atomic E-state index is 13.7. The van der Waals surface area contributed by atoms with E-state index in [1.54, 1.807) is 35.9 Å². The summed E-state index contributed by atoms with van der Waals surface area (Å²) >= 11 is 1.74. The molecule has 200 valence electrons. The number of fused-ring (bicyclic) bond motifs is 1. The second-order valence-corrected chi connectivity index (χ2v) is 10.5.